The van der Waals surface area contributed by atoms with Crippen LogP contribution in [0, 0.1) is 23.7 Å². The third kappa shape index (κ3) is 6.41. The van der Waals surface area contributed by atoms with Gasteiger partial charge in [-0.3, -0.25) is 0 Å². The second-order valence-electron chi connectivity index (χ2n) is 8.83. The molecule has 0 aromatic heterocycles. The summed E-state index contributed by atoms with van der Waals surface area (Å²) in [7, 11) is 0. The summed E-state index contributed by atoms with van der Waals surface area (Å²) in [6, 6.07) is 10.4. The fourth-order valence-corrected chi connectivity index (χ4v) is 4.01. The van der Waals surface area contributed by atoms with Crippen LogP contribution in [-0.4, -0.2) is 12.1 Å². The average molecular weight is 372 g/mol. The number of ether oxygens (including phenoxy) is 1. The van der Waals surface area contributed by atoms with Crippen molar-refractivity contribution in [3.8, 4) is 0 Å². The minimum Gasteiger partial charge on any atom is -0.459 e. The summed E-state index contributed by atoms with van der Waals surface area (Å²) in [5.74, 6) is 1.66. The van der Waals surface area contributed by atoms with E-state index >= 15 is 0 Å². The highest BCUT2D eigenvalue weighted by molar-refractivity contribution is 5.83. The molecule has 0 spiro atoms. The van der Waals surface area contributed by atoms with Gasteiger partial charge in [-0.15, -0.1) is 0 Å². The van der Waals surface area contributed by atoms with Crippen LogP contribution in [0.2, 0.25) is 0 Å². The van der Waals surface area contributed by atoms with Crippen LogP contribution in [0.5, 0.6) is 0 Å². The third-order valence-corrected chi connectivity index (χ3v) is 5.81. The van der Waals surface area contributed by atoms with Crippen molar-refractivity contribution in [2.45, 2.75) is 73.0 Å². The second kappa shape index (κ2) is 9.96. The van der Waals surface area contributed by atoms with Gasteiger partial charge in [-0.25, -0.2) is 4.79 Å². The number of carbonyl (C=O) groups excluding carboxylic acids is 1. The summed E-state index contributed by atoms with van der Waals surface area (Å²) in [5.41, 5.74) is 2.14. The van der Waals surface area contributed by atoms with E-state index in [1.165, 1.54) is 12.0 Å². The first-order valence-electron chi connectivity index (χ1n) is 10.5. The summed E-state index contributed by atoms with van der Waals surface area (Å²) in [5, 5.41) is 3.50. The Hall–Kier alpha value is -1.77. The molecule has 1 N–H and O–H groups in total. The standard InChI is InChI=1S/C24H37NO2/c1-16(2)21-13-12-18(5)14-23(21)27-24(26)15-22(17(3)4)25-19(6)20-10-8-7-9-11-20/h7-11,15-19,21,23,25H,12-14H2,1-6H3/b22-15-/t18-,19-,21+,23-/m1/s1. The molecule has 4 atom stereocenters. The van der Waals surface area contributed by atoms with E-state index in [0.717, 1.165) is 18.5 Å². The van der Waals surface area contributed by atoms with Gasteiger partial charge in [-0.05, 0) is 49.0 Å². The Morgan fingerprint density at radius 2 is 1.78 bits per heavy atom. The lowest BCUT2D eigenvalue weighted by atomic mass is 9.75. The lowest BCUT2D eigenvalue weighted by Crippen LogP contribution is -2.35. The lowest BCUT2D eigenvalue weighted by Gasteiger charge is -2.36. The number of benzene rings is 1. The van der Waals surface area contributed by atoms with Gasteiger partial charge < -0.3 is 10.1 Å². The molecule has 0 radical (unpaired) electrons. The average Bonchev–Trinajstić information content (AvgIpc) is 2.61. The molecule has 27 heavy (non-hydrogen) atoms. The molecule has 0 unspecified atom stereocenters. The Labute approximate surface area is 165 Å². The fourth-order valence-electron chi connectivity index (χ4n) is 4.01. The lowest BCUT2D eigenvalue weighted by molar-refractivity contribution is -0.149. The van der Waals surface area contributed by atoms with E-state index < -0.39 is 0 Å². The van der Waals surface area contributed by atoms with Crippen molar-refractivity contribution in [1.29, 1.82) is 0 Å². The minimum atomic E-state index is -0.212. The van der Waals surface area contributed by atoms with Crippen molar-refractivity contribution in [3.63, 3.8) is 0 Å². The van der Waals surface area contributed by atoms with Crippen LogP contribution in [0.4, 0.5) is 0 Å². The Morgan fingerprint density at radius 3 is 2.37 bits per heavy atom. The number of rotatable bonds is 7. The summed E-state index contributed by atoms with van der Waals surface area (Å²) in [6.45, 7) is 13.1. The van der Waals surface area contributed by atoms with Gasteiger partial charge in [-0.1, -0.05) is 71.4 Å². The molecule has 0 bridgehead atoms. The number of hydrogen-bond donors (Lipinski definition) is 1. The van der Waals surface area contributed by atoms with E-state index in [0.29, 0.717) is 17.8 Å². The maximum atomic E-state index is 12.7. The first-order chi connectivity index (χ1) is 12.8. The van der Waals surface area contributed by atoms with E-state index in [1.54, 1.807) is 6.08 Å². The van der Waals surface area contributed by atoms with Gasteiger partial charge in [0.05, 0.1) is 0 Å². The van der Waals surface area contributed by atoms with Crippen molar-refractivity contribution < 1.29 is 9.53 Å². The Morgan fingerprint density at radius 1 is 1.11 bits per heavy atom. The normalized spacial score (nSPS) is 24.7. The number of esters is 1. The maximum Gasteiger partial charge on any atom is 0.332 e. The van der Waals surface area contributed by atoms with Gasteiger partial charge >= 0.3 is 5.97 Å². The molecule has 0 heterocycles. The summed E-state index contributed by atoms with van der Waals surface area (Å²) in [4.78, 5) is 12.7. The van der Waals surface area contributed by atoms with Crippen molar-refractivity contribution in [3.05, 3.63) is 47.7 Å². The highest BCUT2D eigenvalue weighted by atomic mass is 16.5. The molecule has 1 saturated carbocycles. The van der Waals surface area contributed by atoms with Crippen molar-refractivity contribution in [1.82, 2.24) is 5.32 Å². The van der Waals surface area contributed by atoms with Gasteiger partial charge in [0, 0.05) is 17.8 Å². The predicted molar refractivity (Wildman–Crippen MR) is 112 cm³/mol. The highest BCUT2D eigenvalue weighted by Crippen LogP contribution is 2.35. The first kappa shape index (κ1) is 21.5. The highest BCUT2D eigenvalue weighted by Gasteiger charge is 2.33. The monoisotopic (exact) mass is 371 g/mol. The fraction of sp³-hybridized carbons (Fsp3) is 0.625. The van der Waals surface area contributed by atoms with Crippen LogP contribution in [0.15, 0.2) is 42.1 Å². The van der Waals surface area contributed by atoms with Gasteiger partial charge in [-0.2, -0.15) is 0 Å². The van der Waals surface area contributed by atoms with Gasteiger partial charge in [0.2, 0.25) is 0 Å². The summed E-state index contributed by atoms with van der Waals surface area (Å²) in [6.07, 6.45) is 5.08. The van der Waals surface area contributed by atoms with Crippen LogP contribution >= 0.6 is 0 Å². The zero-order valence-electron chi connectivity index (χ0n) is 17.9. The molecular formula is C24H37NO2. The number of nitrogens with one attached hydrogen (secondary N) is 1. The second-order valence-corrected chi connectivity index (χ2v) is 8.83. The minimum absolute atomic E-state index is 0.0393. The molecule has 1 aromatic rings. The molecule has 3 heteroatoms. The molecular weight excluding hydrogens is 334 g/mol. The van der Waals surface area contributed by atoms with Gasteiger partial charge in [0.15, 0.2) is 0 Å². The van der Waals surface area contributed by atoms with Crippen LogP contribution < -0.4 is 5.32 Å². The zero-order chi connectivity index (χ0) is 20.0. The van der Waals surface area contributed by atoms with E-state index in [1.807, 2.05) is 18.2 Å². The van der Waals surface area contributed by atoms with E-state index in [-0.39, 0.29) is 24.0 Å². The van der Waals surface area contributed by atoms with Crippen molar-refractivity contribution in [2.75, 3.05) is 0 Å². The molecule has 2 rings (SSSR count). The van der Waals surface area contributed by atoms with Gasteiger partial charge in [0.1, 0.15) is 6.10 Å². The Balaban J connectivity index is 2.06. The summed E-state index contributed by atoms with van der Waals surface area (Å²) < 4.78 is 5.95. The van der Waals surface area contributed by atoms with Crippen molar-refractivity contribution >= 4 is 5.97 Å². The summed E-state index contributed by atoms with van der Waals surface area (Å²) >= 11 is 0. The van der Waals surface area contributed by atoms with Gasteiger partial charge in [0.25, 0.3) is 0 Å². The molecule has 0 saturated heterocycles. The Bertz CT molecular complexity index is 621. The number of carbonyl (C=O) groups is 1. The van der Waals surface area contributed by atoms with Crippen LogP contribution in [0.1, 0.15) is 72.4 Å². The third-order valence-electron chi connectivity index (χ3n) is 5.81. The molecule has 150 valence electrons. The molecule has 3 nitrogen and oxygen atoms in total. The topological polar surface area (TPSA) is 38.3 Å². The zero-order valence-corrected chi connectivity index (χ0v) is 17.9. The van der Waals surface area contributed by atoms with Crippen molar-refractivity contribution in [2.24, 2.45) is 23.7 Å². The molecule has 0 aliphatic heterocycles. The number of hydrogen-bond acceptors (Lipinski definition) is 3. The smallest absolute Gasteiger partial charge is 0.332 e. The van der Waals surface area contributed by atoms with E-state index in [2.05, 4.69) is 59.0 Å². The Kier molecular flexibility index (Phi) is 7.94. The maximum absolute atomic E-state index is 12.7. The van der Waals surface area contributed by atoms with Crippen LogP contribution in [0.3, 0.4) is 0 Å². The molecule has 1 fully saturated rings. The molecule has 0 amide bonds. The first-order valence-corrected chi connectivity index (χ1v) is 10.5. The van der Waals surface area contributed by atoms with Crippen LogP contribution in [0.25, 0.3) is 0 Å². The predicted octanol–water partition coefficient (Wildman–Crippen LogP) is 5.88. The SMILES string of the molecule is CC(C)/C(=C/C(=O)O[C@@H]1C[C@H](C)CC[C@H]1C(C)C)N[C@H](C)c1ccccc1. The molecule has 1 aliphatic rings. The largest absolute Gasteiger partial charge is 0.459 e. The van der Waals surface area contributed by atoms with Crippen LogP contribution in [-0.2, 0) is 9.53 Å². The number of allylic oxidation sites excluding steroid dienone is 1. The molecule has 1 aliphatic carbocycles. The quantitative estimate of drug-likeness (QED) is 0.480. The van der Waals surface area contributed by atoms with E-state index in [4.69, 9.17) is 4.74 Å². The molecule has 1 aromatic carbocycles. The van der Waals surface area contributed by atoms with E-state index in [9.17, 15) is 4.79 Å².